The molecule has 1 aromatic rings. The molecule has 0 radical (unpaired) electrons. The van der Waals surface area contributed by atoms with E-state index in [1.807, 2.05) is 24.9 Å². The van der Waals surface area contributed by atoms with Crippen LogP contribution in [0.4, 0.5) is 8.78 Å². The number of halogens is 2. The van der Waals surface area contributed by atoms with Crippen LogP contribution in [-0.4, -0.2) is 61.0 Å². The normalized spacial score (nSPS) is 17.4. The minimum Gasteiger partial charge on any atom is -0.496 e. The molecule has 1 saturated heterocycles. The van der Waals surface area contributed by atoms with E-state index in [0.717, 1.165) is 42.2 Å². The largest absolute Gasteiger partial charge is 0.496 e. The van der Waals surface area contributed by atoms with Crippen LogP contribution in [-0.2, 0) is 6.54 Å². The molecule has 0 spiro atoms. The molecule has 1 aromatic heterocycles. The Labute approximate surface area is 124 Å². The highest BCUT2D eigenvalue weighted by molar-refractivity contribution is 5.41. The Kier molecular flexibility index (Phi) is 5.47. The Morgan fingerprint density at radius 2 is 1.81 bits per heavy atom. The predicted molar refractivity (Wildman–Crippen MR) is 78.0 cm³/mol. The lowest BCUT2D eigenvalue weighted by atomic mass is 10.1. The highest BCUT2D eigenvalue weighted by Gasteiger charge is 2.21. The summed E-state index contributed by atoms with van der Waals surface area (Å²) in [6.07, 6.45) is -0.421. The van der Waals surface area contributed by atoms with Crippen molar-refractivity contribution < 1.29 is 13.5 Å². The Hall–Kier alpha value is -1.27. The minimum atomic E-state index is -2.25. The van der Waals surface area contributed by atoms with Crippen molar-refractivity contribution in [3.8, 4) is 5.75 Å². The lowest BCUT2D eigenvalue weighted by Gasteiger charge is -2.34. The van der Waals surface area contributed by atoms with Crippen molar-refractivity contribution in [3.63, 3.8) is 0 Å². The average molecular weight is 299 g/mol. The molecular weight excluding hydrogens is 276 g/mol. The number of piperazine rings is 1. The zero-order chi connectivity index (χ0) is 15.4. The number of ether oxygens (including phenoxy) is 1. The lowest BCUT2D eigenvalue weighted by molar-refractivity contribution is 0.0539. The Morgan fingerprint density at radius 3 is 2.38 bits per heavy atom. The molecule has 2 heterocycles. The topological polar surface area (TPSA) is 28.6 Å². The zero-order valence-corrected chi connectivity index (χ0v) is 12.9. The number of aromatic nitrogens is 1. The summed E-state index contributed by atoms with van der Waals surface area (Å²) in [5.74, 6) is 0.885. The second kappa shape index (κ2) is 7.13. The number of nitrogens with zero attached hydrogens (tertiary/aromatic N) is 3. The molecule has 21 heavy (non-hydrogen) atoms. The van der Waals surface area contributed by atoms with Crippen LogP contribution >= 0.6 is 0 Å². The van der Waals surface area contributed by atoms with Gasteiger partial charge in [0.1, 0.15) is 5.75 Å². The van der Waals surface area contributed by atoms with E-state index in [9.17, 15) is 8.78 Å². The fourth-order valence-electron chi connectivity index (χ4n) is 2.77. The molecule has 0 bridgehead atoms. The first-order chi connectivity index (χ1) is 10.0. The number of aryl methyl sites for hydroxylation is 1. The van der Waals surface area contributed by atoms with E-state index in [-0.39, 0.29) is 6.54 Å². The van der Waals surface area contributed by atoms with Gasteiger partial charge in [0.05, 0.1) is 19.3 Å². The van der Waals surface area contributed by atoms with Crippen molar-refractivity contribution in [3.05, 3.63) is 23.0 Å². The number of rotatable bonds is 5. The van der Waals surface area contributed by atoms with Gasteiger partial charge < -0.3 is 4.74 Å². The van der Waals surface area contributed by atoms with E-state index in [2.05, 4.69) is 9.88 Å². The second-order valence-electron chi connectivity index (χ2n) is 5.51. The average Bonchev–Trinajstić information content (AvgIpc) is 2.44. The van der Waals surface area contributed by atoms with Crippen molar-refractivity contribution in [1.82, 2.24) is 14.8 Å². The highest BCUT2D eigenvalue weighted by atomic mass is 19.3. The third-order valence-electron chi connectivity index (χ3n) is 3.98. The standard InChI is InChI=1S/C15H23F2N3O/c1-11-8-18-13(12(2)15(11)21-3)9-19-4-6-20(7-5-19)10-14(16)17/h8,14H,4-7,9-10H2,1-3H3. The van der Waals surface area contributed by atoms with Crippen LogP contribution in [0.5, 0.6) is 5.75 Å². The molecule has 1 aliphatic rings. The number of pyridine rings is 1. The van der Waals surface area contributed by atoms with E-state index >= 15 is 0 Å². The maximum absolute atomic E-state index is 12.4. The number of hydrogen-bond acceptors (Lipinski definition) is 4. The Morgan fingerprint density at radius 1 is 1.19 bits per heavy atom. The molecule has 4 nitrogen and oxygen atoms in total. The van der Waals surface area contributed by atoms with Crippen molar-refractivity contribution in [1.29, 1.82) is 0 Å². The summed E-state index contributed by atoms with van der Waals surface area (Å²) in [6.45, 7) is 7.58. The van der Waals surface area contributed by atoms with Crippen LogP contribution in [0.25, 0.3) is 0 Å². The second-order valence-corrected chi connectivity index (χ2v) is 5.51. The molecule has 0 saturated carbocycles. The van der Waals surface area contributed by atoms with Gasteiger partial charge >= 0.3 is 0 Å². The van der Waals surface area contributed by atoms with Gasteiger partial charge in [-0.3, -0.25) is 14.8 Å². The molecule has 1 fully saturated rings. The van der Waals surface area contributed by atoms with Crippen molar-refractivity contribution in [2.24, 2.45) is 0 Å². The fraction of sp³-hybridized carbons (Fsp3) is 0.667. The first kappa shape index (κ1) is 16.1. The number of methoxy groups -OCH3 is 1. The fourth-order valence-corrected chi connectivity index (χ4v) is 2.77. The van der Waals surface area contributed by atoms with Crippen molar-refractivity contribution in [2.75, 3.05) is 39.8 Å². The van der Waals surface area contributed by atoms with Crippen LogP contribution in [0.3, 0.4) is 0 Å². The molecule has 0 atom stereocenters. The van der Waals surface area contributed by atoms with Gasteiger partial charge in [-0.2, -0.15) is 0 Å². The van der Waals surface area contributed by atoms with Gasteiger partial charge in [0.2, 0.25) is 0 Å². The van der Waals surface area contributed by atoms with Gasteiger partial charge in [-0.15, -0.1) is 0 Å². The van der Waals surface area contributed by atoms with E-state index in [1.54, 1.807) is 7.11 Å². The molecular formula is C15H23F2N3O. The van der Waals surface area contributed by atoms with Gasteiger partial charge in [-0.1, -0.05) is 0 Å². The van der Waals surface area contributed by atoms with Crippen molar-refractivity contribution in [2.45, 2.75) is 26.8 Å². The Bertz CT molecular complexity index is 474. The monoisotopic (exact) mass is 299 g/mol. The van der Waals surface area contributed by atoms with Gasteiger partial charge in [0.15, 0.2) is 0 Å². The Balaban J connectivity index is 1.95. The third kappa shape index (κ3) is 4.11. The van der Waals surface area contributed by atoms with Gasteiger partial charge in [-0.25, -0.2) is 8.78 Å². The first-order valence-corrected chi connectivity index (χ1v) is 7.23. The summed E-state index contributed by atoms with van der Waals surface area (Å²) in [4.78, 5) is 8.57. The summed E-state index contributed by atoms with van der Waals surface area (Å²) < 4.78 is 30.1. The number of alkyl halides is 2. The maximum atomic E-state index is 12.4. The van der Waals surface area contributed by atoms with Gasteiger partial charge in [0, 0.05) is 50.0 Å². The molecule has 0 aromatic carbocycles. The highest BCUT2D eigenvalue weighted by Crippen LogP contribution is 2.25. The SMILES string of the molecule is COc1c(C)cnc(CN2CCN(CC(F)F)CC2)c1C. The third-order valence-corrected chi connectivity index (χ3v) is 3.98. The van der Waals surface area contributed by atoms with Crippen LogP contribution in [0, 0.1) is 13.8 Å². The van der Waals surface area contributed by atoms with Crippen LogP contribution in [0.2, 0.25) is 0 Å². The van der Waals surface area contributed by atoms with Gasteiger partial charge in [-0.05, 0) is 13.8 Å². The van der Waals surface area contributed by atoms with Crippen LogP contribution < -0.4 is 4.74 Å². The molecule has 2 rings (SSSR count). The molecule has 0 N–H and O–H groups in total. The quantitative estimate of drug-likeness (QED) is 0.832. The summed E-state index contributed by atoms with van der Waals surface area (Å²) in [5, 5.41) is 0. The summed E-state index contributed by atoms with van der Waals surface area (Å²) in [6, 6.07) is 0. The summed E-state index contributed by atoms with van der Waals surface area (Å²) in [7, 11) is 1.67. The maximum Gasteiger partial charge on any atom is 0.251 e. The molecule has 1 aliphatic heterocycles. The predicted octanol–water partition coefficient (Wildman–Crippen LogP) is 2.09. The molecule has 0 amide bonds. The van der Waals surface area contributed by atoms with E-state index in [4.69, 9.17) is 4.74 Å². The zero-order valence-electron chi connectivity index (χ0n) is 12.9. The molecule has 118 valence electrons. The smallest absolute Gasteiger partial charge is 0.251 e. The first-order valence-electron chi connectivity index (χ1n) is 7.23. The van der Waals surface area contributed by atoms with Gasteiger partial charge in [0.25, 0.3) is 6.43 Å². The van der Waals surface area contributed by atoms with E-state index in [1.165, 1.54) is 0 Å². The molecule has 0 unspecified atom stereocenters. The molecule has 0 aliphatic carbocycles. The van der Waals surface area contributed by atoms with Crippen LogP contribution in [0.15, 0.2) is 6.20 Å². The summed E-state index contributed by atoms with van der Waals surface area (Å²) >= 11 is 0. The summed E-state index contributed by atoms with van der Waals surface area (Å²) in [5.41, 5.74) is 3.09. The van der Waals surface area contributed by atoms with E-state index < -0.39 is 6.43 Å². The van der Waals surface area contributed by atoms with Crippen LogP contribution in [0.1, 0.15) is 16.8 Å². The van der Waals surface area contributed by atoms with Crippen molar-refractivity contribution >= 4 is 0 Å². The minimum absolute atomic E-state index is 0.122. The lowest BCUT2D eigenvalue weighted by Crippen LogP contribution is -2.47. The molecule has 6 heteroatoms. The van der Waals surface area contributed by atoms with E-state index in [0.29, 0.717) is 13.1 Å². The number of hydrogen-bond donors (Lipinski definition) is 0.